The van der Waals surface area contributed by atoms with E-state index in [2.05, 4.69) is 22.3 Å². The number of thioether (sulfide) groups is 1. The van der Waals surface area contributed by atoms with Crippen LogP contribution in [0.15, 0.2) is 17.3 Å². The Kier molecular flexibility index (Phi) is 4.28. The SMILES string of the molecule is Cc1cc(C)c(C(=O)CSc2nnc(C)n2C)c(C)c1. The molecule has 4 nitrogen and oxygen atoms in total. The van der Waals surface area contributed by atoms with Crippen molar-refractivity contribution in [2.45, 2.75) is 32.9 Å². The maximum absolute atomic E-state index is 12.4. The fourth-order valence-corrected chi connectivity index (χ4v) is 3.16. The number of hydrogen-bond donors (Lipinski definition) is 0. The Bertz CT molecular complexity index is 638. The van der Waals surface area contributed by atoms with Gasteiger partial charge in [0.15, 0.2) is 10.9 Å². The average molecular weight is 289 g/mol. The smallest absolute Gasteiger partial charge is 0.191 e. The zero-order valence-corrected chi connectivity index (χ0v) is 13.3. The Morgan fingerprint density at radius 2 is 1.75 bits per heavy atom. The summed E-state index contributed by atoms with van der Waals surface area (Å²) in [5.74, 6) is 1.38. The molecule has 0 bridgehead atoms. The third kappa shape index (κ3) is 2.93. The van der Waals surface area contributed by atoms with Gasteiger partial charge in [0.05, 0.1) is 5.75 Å². The van der Waals surface area contributed by atoms with Gasteiger partial charge in [-0.1, -0.05) is 29.5 Å². The lowest BCUT2D eigenvalue weighted by atomic mass is 9.97. The molecule has 0 aliphatic heterocycles. The first-order valence-corrected chi connectivity index (χ1v) is 7.48. The Morgan fingerprint density at radius 3 is 2.25 bits per heavy atom. The quantitative estimate of drug-likeness (QED) is 0.641. The molecule has 0 atom stereocenters. The summed E-state index contributed by atoms with van der Waals surface area (Å²) >= 11 is 1.43. The summed E-state index contributed by atoms with van der Waals surface area (Å²) in [5.41, 5.74) is 4.11. The van der Waals surface area contributed by atoms with Crippen LogP contribution in [0.4, 0.5) is 0 Å². The number of rotatable bonds is 4. The molecule has 20 heavy (non-hydrogen) atoms. The van der Waals surface area contributed by atoms with E-state index >= 15 is 0 Å². The molecular weight excluding hydrogens is 270 g/mol. The van der Waals surface area contributed by atoms with Gasteiger partial charge in [0.1, 0.15) is 5.82 Å². The number of benzene rings is 1. The van der Waals surface area contributed by atoms with Crippen LogP contribution in [-0.4, -0.2) is 26.3 Å². The van der Waals surface area contributed by atoms with Crippen molar-refractivity contribution in [2.75, 3.05) is 5.75 Å². The lowest BCUT2D eigenvalue weighted by molar-refractivity contribution is 0.102. The number of nitrogens with zero attached hydrogens (tertiary/aromatic N) is 3. The van der Waals surface area contributed by atoms with Gasteiger partial charge >= 0.3 is 0 Å². The predicted octanol–water partition coefficient (Wildman–Crippen LogP) is 3.02. The number of carbonyl (C=O) groups excluding carboxylic acids is 1. The Balaban J connectivity index is 2.15. The molecule has 0 N–H and O–H groups in total. The molecule has 1 aromatic heterocycles. The lowest BCUT2D eigenvalue weighted by Crippen LogP contribution is -2.08. The van der Waals surface area contributed by atoms with Crippen molar-refractivity contribution in [3.8, 4) is 0 Å². The minimum atomic E-state index is 0.144. The summed E-state index contributed by atoms with van der Waals surface area (Å²) in [5, 5.41) is 8.83. The summed E-state index contributed by atoms with van der Waals surface area (Å²) in [6, 6.07) is 4.11. The van der Waals surface area contributed by atoms with Gasteiger partial charge in [-0.05, 0) is 38.8 Å². The Morgan fingerprint density at radius 1 is 1.15 bits per heavy atom. The molecule has 0 unspecified atom stereocenters. The van der Waals surface area contributed by atoms with E-state index in [9.17, 15) is 4.79 Å². The summed E-state index contributed by atoms with van der Waals surface area (Å²) in [4.78, 5) is 12.4. The Labute approximate surface area is 123 Å². The second-order valence-corrected chi connectivity index (χ2v) is 6.02. The number of carbonyl (C=O) groups is 1. The van der Waals surface area contributed by atoms with Crippen LogP contribution in [0.2, 0.25) is 0 Å². The van der Waals surface area contributed by atoms with Gasteiger partial charge < -0.3 is 4.57 Å². The monoisotopic (exact) mass is 289 g/mol. The fourth-order valence-electron chi connectivity index (χ4n) is 2.34. The van der Waals surface area contributed by atoms with E-state index in [0.29, 0.717) is 5.75 Å². The minimum Gasteiger partial charge on any atom is -0.309 e. The maximum Gasteiger partial charge on any atom is 0.191 e. The highest BCUT2D eigenvalue weighted by Crippen LogP contribution is 2.21. The molecule has 2 aromatic rings. The van der Waals surface area contributed by atoms with E-state index in [1.807, 2.05) is 39.3 Å². The van der Waals surface area contributed by atoms with Crippen molar-refractivity contribution in [1.29, 1.82) is 0 Å². The van der Waals surface area contributed by atoms with Crippen LogP contribution >= 0.6 is 11.8 Å². The second kappa shape index (κ2) is 5.79. The van der Waals surface area contributed by atoms with E-state index in [4.69, 9.17) is 0 Å². The van der Waals surface area contributed by atoms with Gasteiger partial charge in [0.25, 0.3) is 0 Å². The van der Waals surface area contributed by atoms with Crippen LogP contribution in [0.5, 0.6) is 0 Å². The molecule has 0 amide bonds. The zero-order chi connectivity index (χ0) is 14.9. The molecule has 0 saturated heterocycles. The number of ketones is 1. The summed E-state index contributed by atoms with van der Waals surface area (Å²) in [6.07, 6.45) is 0. The molecule has 0 saturated carbocycles. The first-order chi connectivity index (χ1) is 9.40. The zero-order valence-electron chi connectivity index (χ0n) is 12.5. The predicted molar refractivity (Wildman–Crippen MR) is 81.4 cm³/mol. The first-order valence-electron chi connectivity index (χ1n) is 6.50. The highest BCUT2D eigenvalue weighted by Gasteiger charge is 2.15. The number of hydrogen-bond acceptors (Lipinski definition) is 4. The molecule has 0 aliphatic rings. The van der Waals surface area contributed by atoms with Crippen molar-refractivity contribution in [1.82, 2.24) is 14.8 Å². The molecule has 1 aromatic carbocycles. The van der Waals surface area contributed by atoms with Gasteiger partial charge in [0.2, 0.25) is 0 Å². The van der Waals surface area contributed by atoms with E-state index in [-0.39, 0.29) is 5.78 Å². The van der Waals surface area contributed by atoms with Crippen LogP contribution < -0.4 is 0 Å². The van der Waals surface area contributed by atoms with Gasteiger partial charge in [-0.15, -0.1) is 10.2 Å². The first kappa shape index (κ1) is 14.8. The second-order valence-electron chi connectivity index (χ2n) is 5.07. The van der Waals surface area contributed by atoms with Gasteiger partial charge in [-0.2, -0.15) is 0 Å². The minimum absolute atomic E-state index is 0.144. The summed E-state index contributed by atoms with van der Waals surface area (Å²) in [7, 11) is 1.91. The van der Waals surface area contributed by atoms with Crippen molar-refractivity contribution in [2.24, 2.45) is 7.05 Å². The maximum atomic E-state index is 12.4. The number of aryl methyl sites for hydroxylation is 4. The van der Waals surface area contributed by atoms with Gasteiger partial charge in [0, 0.05) is 12.6 Å². The molecule has 106 valence electrons. The van der Waals surface area contributed by atoms with Crippen LogP contribution in [0.25, 0.3) is 0 Å². The van der Waals surface area contributed by atoms with Crippen LogP contribution in [0.1, 0.15) is 32.9 Å². The normalized spacial score (nSPS) is 10.8. The molecule has 1 heterocycles. The number of aromatic nitrogens is 3. The molecule has 0 radical (unpaired) electrons. The highest BCUT2D eigenvalue weighted by atomic mass is 32.2. The average Bonchev–Trinajstić information content (AvgIpc) is 2.66. The molecule has 0 aliphatic carbocycles. The molecule has 0 spiro atoms. The van der Waals surface area contributed by atoms with Crippen molar-refractivity contribution >= 4 is 17.5 Å². The van der Waals surface area contributed by atoms with Crippen molar-refractivity contribution in [3.63, 3.8) is 0 Å². The third-order valence-corrected chi connectivity index (χ3v) is 4.36. The third-order valence-electron chi connectivity index (χ3n) is 3.34. The standard InChI is InChI=1S/C15H19N3OS/c1-9-6-10(2)14(11(3)7-9)13(19)8-20-15-17-16-12(4)18(15)5/h6-7H,8H2,1-5H3. The largest absolute Gasteiger partial charge is 0.309 e. The van der Waals surface area contributed by atoms with Crippen LogP contribution in [-0.2, 0) is 7.05 Å². The van der Waals surface area contributed by atoms with Crippen molar-refractivity contribution < 1.29 is 4.79 Å². The van der Waals surface area contributed by atoms with E-state index in [1.54, 1.807) is 0 Å². The topological polar surface area (TPSA) is 47.8 Å². The summed E-state index contributed by atoms with van der Waals surface area (Å²) in [6.45, 7) is 7.92. The Hall–Kier alpha value is -1.62. The van der Waals surface area contributed by atoms with Crippen LogP contribution in [0.3, 0.4) is 0 Å². The summed E-state index contributed by atoms with van der Waals surface area (Å²) < 4.78 is 1.90. The molecule has 5 heteroatoms. The van der Waals surface area contributed by atoms with Gasteiger partial charge in [-0.25, -0.2) is 0 Å². The van der Waals surface area contributed by atoms with E-state index < -0.39 is 0 Å². The van der Waals surface area contributed by atoms with Crippen LogP contribution in [0, 0.1) is 27.7 Å². The van der Waals surface area contributed by atoms with E-state index in [1.165, 1.54) is 17.3 Å². The molecular formula is C15H19N3OS. The van der Waals surface area contributed by atoms with E-state index in [0.717, 1.165) is 27.7 Å². The number of Topliss-reactive ketones (excluding diaryl/α,β-unsaturated/α-hetero) is 1. The molecule has 0 fully saturated rings. The van der Waals surface area contributed by atoms with Crippen molar-refractivity contribution in [3.05, 3.63) is 40.2 Å². The molecule has 2 rings (SSSR count). The fraction of sp³-hybridized carbons (Fsp3) is 0.400. The van der Waals surface area contributed by atoms with Gasteiger partial charge in [-0.3, -0.25) is 4.79 Å². The lowest BCUT2D eigenvalue weighted by Gasteiger charge is -2.10. The highest BCUT2D eigenvalue weighted by molar-refractivity contribution is 7.99.